The lowest BCUT2D eigenvalue weighted by atomic mass is 10.1. The van der Waals surface area contributed by atoms with E-state index in [-0.39, 0.29) is 9.60 Å². The molecule has 0 saturated carbocycles. The third-order valence-electron chi connectivity index (χ3n) is 4.19. The maximum Gasteiger partial charge on any atom is 0.266 e. The summed E-state index contributed by atoms with van der Waals surface area (Å²) in [4.78, 5) is 18.2. The zero-order chi connectivity index (χ0) is 19.9. The first-order valence-corrected chi connectivity index (χ1v) is 11.0. The number of nitrogens with zero attached hydrogens (tertiary/aromatic N) is 2. The topological polar surface area (TPSA) is 95.0 Å². The van der Waals surface area contributed by atoms with Gasteiger partial charge in [0.25, 0.3) is 5.56 Å². The van der Waals surface area contributed by atoms with Crippen LogP contribution < -0.4 is 10.7 Å². The Kier molecular flexibility index (Phi) is 4.80. The minimum atomic E-state index is -3.93. The number of thiophene rings is 1. The summed E-state index contributed by atoms with van der Waals surface area (Å²) in [6, 6.07) is 17.8. The van der Waals surface area contributed by atoms with Gasteiger partial charge in [-0.05, 0) is 23.8 Å². The summed E-state index contributed by atoms with van der Waals surface area (Å²) >= 11 is 7.21. The molecule has 142 valence electrons. The van der Waals surface area contributed by atoms with Gasteiger partial charge in [0.2, 0.25) is 10.0 Å². The van der Waals surface area contributed by atoms with E-state index in [4.69, 9.17) is 16.7 Å². The standard InChI is InChI=1S/C19H14ClN3O3S2/c20-14-8-4-5-9-15(14)23-16(10-12-6-2-1-3-7-12)22-18-13(19(23)24)11-17(27-18)28(21,25)26/h1-9,11H,10H2,(H2,21,25,26). The maximum absolute atomic E-state index is 13.3. The van der Waals surface area contributed by atoms with Crippen LogP contribution in [0.3, 0.4) is 0 Å². The first-order valence-electron chi connectivity index (χ1n) is 8.22. The van der Waals surface area contributed by atoms with Crippen molar-refractivity contribution in [2.24, 2.45) is 5.14 Å². The van der Waals surface area contributed by atoms with Crippen LogP contribution in [-0.4, -0.2) is 18.0 Å². The van der Waals surface area contributed by atoms with Crippen LogP contribution in [0.4, 0.5) is 0 Å². The van der Waals surface area contributed by atoms with Gasteiger partial charge in [0.1, 0.15) is 14.9 Å². The number of benzene rings is 2. The SMILES string of the molecule is NS(=O)(=O)c1cc2c(=O)n(-c3ccccc3Cl)c(Cc3ccccc3)nc2s1. The predicted molar refractivity (Wildman–Crippen MR) is 111 cm³/mol. The average Bonchev–Trinajstić information content (AvgIpc) is 3.09. The number of halogens is 1. The van der Waals surface area contributed by atoms with E-state index in [1.165, 1.54) is 10.6 Å². The van der Waals surface area contributed by atoms with Gasteiger partial charge in [-0.2, -0.15) is 0 Å². The van der Waals surface area contributed by atoms with E-state index < -0.39 is 15.6 Å². The van der Waals surface area contributed by atoms with Gasteiger partial charge in [0.15, 0.2) is 0 Å². The number of aromatic nitrogens is 2. The summed E-state index contributed by atoms with van der Waals surface area (Å²) < 4.78 is 24.8. The number of sulfonamides is 1. The molecule has 2 aromatic heterocycles. The Morgan fingerprint density at radius 3 is 2.43 bits per heavy atom. The van der Waals surface area contributed by atoms with Crippen molar-refractivity contribution in [3.05, 3.63) is 87.4 Å². The summed E-state index contributed by atoms with van der Waals surface area (Å²) in [5.41, 5.74) is 1.05. The molecule has 2 aromatic carbocycles. The lowest BCUT2D eigenvalue weighted by molar-refractivity contribution is 0.600. The summed E-state index contributed by atoms with van der Waals surface area (Å²) in [5, 5.41) is 5.81. The van der Waals surface area contributed by atoms with E-state index in [2.05, 4.69) is 4.98 Å². The molecule has 0 bridgehead atoms. The molecule has 0 unspecified atom stereocenters. The molecule has 0 aliphatic heterocycles. The Morgan fingerprint density at radius 2 is 1.75 bits per heavy atom. The molecular weight excluding hydrogens is 418 g/mol. The summed E-state index contributed by atoms with van der Waals surface area (Å²) in [7, 11) is -3.93. The van der Waals surface area contributed by atoms with Gasteiger partial charge in [-0.15, -0.1) is 11.3 Å². The largest absolute Gasteiger partial charge is 0.268 e. The first-order chi connectivity index (χ1) is 13.3. The third kappa shape index (κ3) is 3.47. The number of para-hydroxylation sites is 1. The molecule has 4 rings (SSSR count). The fourth-order valence-electron chi connectivity index (χ4n) is 2.92. The van der Waals surface area contributed by atoms with Crippen LogP contribution in [-0.2, 0) is 16.4 Å². The van der Waals surface area contributed by atoms with Crippen molar-refractivity contribution in [1.29, 1.82) is 0 Å². The molecule has 4 aromatic rings. The summed E-state index contributed by atoms with van der Waals surface area (Å²) in [5.74, 6) is 0.458. The fourth-order valence-corrected chi connectivity index (χ4v) is 4.90. The second kappa shape index (κ2) is 7.14. The van der Waals surface area contributed by atoms with Crippen molar-refractivity contribution >= 4 is 43.2 Å². The molecule has 0 fully saturated rings. The van der Waals surface area contributed by atoms with Crippen LogP contribution in [0.15, 0.2) is 69.7 Å². The zero-order valence-corrected chi connectivity index (χ0v) is 16.8. The molecule has 2 heterocycles. The van der Waals surface area contributed by atoms with Crippen LogP contribution in [0, 0.1) is 0 Å². The molecule has 6 nitrogen and oxygen atoms in total. The van der Waals surface area contributed by atoms with Crippen molar-refractivity contribution in [3.63, 3.8) is 0 Å². The Balaban J connectivity index is 2.03. The van der Waals surface area contributed by atoms with E-state index in [0.717, 1.165) is 16.9 Å². The highest BCUT2D eigenvalue weighted by Crippen LogP contribution is 2.27. The number of primary sulfonamides is 1. The number of nitrogens with two attached hydrogens (primary N) is 1. The quantitative estimate of drug-likeness (QED) is 0.536. The van der Waals surface area contributed by atoms with Crippen LogP contribution in [0.2, 0.25) is 5.02 Å². The number of hydrogen-bond acceptors (Lipinski definition) is 5. The molecular formula is C19H14ClN3O3S2. The lowest BCUT2D eigenvalue weighted by Gasteiger charge is -2.14. The van der Waals surface area contributed by atoms with E-state index in [9.17, 15) is 13.2 Å². The van der Waals surface area contributed by atoms with Crippen molar-refractivity contribution in [2.45, 2.75) is 10.6 Å². The van der Waals surface area contributed by atoms with Gasteiger partial charge < -0.3 is 0 Å². The molecule has 0 aliphatic carbocycles. The van der Waals surface area contributed by atoms with Gasteiger partial charge in [0.05, 0.1) is 16.1 Å². The zero-order valence-electron chi connectivity index (χ0n) is 14.4. The smallest absolute Gasteiger partial charge is 0.266 e. The van der Waals surface area contributed by atoms with E-state index in [1.54, 1.807) is 24.3 Å². The van der Waals surface area contributed by atoms with E-state index in [1.807, 2.05) is 30.3 Å². The molecule has 0 spiro atoms. The minimum Gasteiger partial charge on any atom is -0.268 e. The van der Waals surface area contributed by atoms with E-state index in [0.29, 0.717) is 27.8 Å². The number of rotatable bonds is 4. The van der Waals surface area contributed by atoms with Gasteiger partial charge in [0, 0.05) is 6.42 Å². The Labute approximate surface area is 169 Å². The second-order valence-corrected chi connectivity index (χ2v) is 9.34. The van der Waals surface area contributed by atoms with Crippen LogP contribution in [0.25, 0.3) is 15.9 Å². The van der Waals surface area contributed by atoms with Gasteiger partial charge >= 0.3 is 0 Å². The normalized spacial score (nSPS) is 11.8. The average molecular weight is 432 g/mol. The molecule has 0 saturated heterocycles. The van der Waals surface area contributed by atoms with Crippen molar-refractivity contribution in [2.75, 3.05) is 0 Å². The fraction of sp³-hybridized carbons (Fsp3) is 0.0526. The number of hydrogen-bond donors (Lipinski definition) is 1. The first kappa shape index (κ1) is 18.8. The molecule has 9 heteroatoms. The molecule has 28 heavy (non-hydrogen) atoms. The predicted octanol–water partition coefficient (Wildman–Crippen LogP) is 3.34. The summed E-state index contributed by atoms with van der Waals surface area (Å²) in [6.07, 6.45) is 0.375. The van der Waals surface area contributed by atoms with Gasteiger partial charge in [-0.3, -0.25) is 9.36 Å². The van der Waals surface area contributed by atoms with Crippen LogP contribution in [0.5, 0.6) is 0 Å². The molecule has 0 atom stereocenters. The van der Waals surface area contributed by atoms with Crippen LogP contribution >= 0.6 is 22.9 Å². The lowest BCUT2D eigenvalue weighted by Crippen LogP contribution is -2.23. The highest BCUT2D eigenvalue weighted by molar-refractivity contribution is 7.91. The molecule has 0 radical (unpaired) electrons. The van der Waals surface area contributed by atoms with E-state index >= 15 is 0 Å². The van der Waals surface area contributed by atoms with Crippen molar-refractivity contribution in [3.8, 4) is 5.69 Å². The molecule has 0 amide bonds. The Morgan fingerprint density at radius 1 is 1.07 bits per heavy atom. The van der Waals surface area contributed by atoms with Gasteiger partial charge in [-0.25, -0.2) is 18.5 Å². The second-order valence-electron chi connectivity index (χ2n) is 6.11. The third-order valence-corrected chi connectivity index (χ3v) is 6.96. The van der Waals surface area contributed by atoms with Crippen molar-refractivity contribution < 1.29 is 8.42 Å². The highest BCUT2D eigenvalue weighted by atomic mass is 35.5. The Hall–Kier alpha value is -2.52. The number of fused-ring (bicyclic) bond motifs is 1. The monoisotopic (exact) mass is 431 g/mol. The molecule has 2 N–H and O–H groups in total. The Bertz CT molecular complexity index is 1350. The highest BCUT2D eigenvalue weighted by Gasteiger charge is 2.20. The molecule has 0 aliphatic rings. The van der Waals surface area contributed by atoms with Crippen molar-refractivity contribution in [1.82, 2.24) is 9.55 Å². The maximum atomic E-state index is 13.3. The van der Waals surface area contributed by atoms with Gasteiger partial charge in [-0.1, -0.05) is 54.1 Å². The van der Waals surface area contributed by atoms with Crippen LogP contribution in [0.1, 0.15) is 11.4 Å². The minimum absolute atomic E-state index is 0.102. The summed E-state index contributed by atoms with van der Waals surface area (Å²) in [6.45, 7) is 0.